The molecule has 0 radical (unpaired) electrons. The summed E-state index contributed by atoms with van der Waals surface area (Å²) in [5.74, 6) is 0.779. The molecule has 25 heavy (non-hydrogen) atoms. The summed E-state index contributed by atoms with van der Waals surface area (Å²) in [6, 6.07) is 10.0. The van der Waals surface area contributed by atoms with E-state index < -0.39 is 10.1 Å². The van der Waals surface area contributed by atoms with Crippen LogP contribution < -0.4 is 9.50 Å². The van der Waals surface area contributed by atoms with Crippen molar-refractivity contribution in [3.63, 3.8) is 0 Å². The Hall–Kier alpha value is -2.48. The molecule has 0 atom stereocenters. The first-order chi connectivity index (χ1) is 11.9. The van der Waals surface area contributed by atoms with Crippen molar-refractivity contribution >= 4 is 16.1 Å². The molecule has 1 aromatic heterocycles. The second-order valence-corrected chi connectivity index (χ2v) is 7.21. The zero-order valence-electron chi connectivity index (χ0n) is 14.3. The summed E-state index contributed by atoms with van der Waals surface area (Å²) < 4.78 is 33.5. The Morgan fingerprint density at radius 3 is 2.64 bits per heavy atom. The molecule has 2 aromatic rings. The highest BCUT2D eigenvalue weighted by atomic mass is 32.2. The van der Waals surface area contributed by atoms with Gasteiger partial charge in [0.05, 0.1) is 18.6 Å². The fourth-order valence-corrected chi connectivity index (χ4v) is 2.69. The largest absolute Gasteiger partial charge is 0.467 e. The zero-order valence-corrected chi connectivity index (χ0v) is 15.1. The lowest BCUT2D eigenvalue weighted by Crippen LogP contribution is -2.38. The Morgan fingerprint density at radius 2 is 2.00 bits per heavy atom. The van der Waals surface area contributed by atoms with E-state index in [1.165, 1.54) is 6.92 Å². The maximum absolute atomic E-state index is 12.3. The lowest BCUT2D eigenvalue weighted by Gasteiger charge is -2.22. The van der Waals surface area contributed by atoms with Gasteiger partial charge >= 0.3 is 16.1 Å². The van der Waals surface area contributed by atoms with Crippen molar-refractivity contribution in [3.8, 4) is 5.75 Å². The molecule has 0 saturated carbocycles. The standard InChI is InChI=1S/C17H22N2O5S/c1-3-18-17(20)19(13-16-9-6-10-23-16)12-14-7-5-8-15(11-14)24-25(21,22)4-2/h5-11H,3-4,12-13H2,1-2H3,(H,18,20). The highest BCUT2D eigenvalue weighted by molar-refractivity contribution is 7.87. The van der Waals surface area contributed by atoms with Crippen molar-refractivity contribution in [2.75, 3.05) is 12.3 Å². The average Bonchev–Trinajstić information content (AvgIpc) is 3.07. The first kappa shape index (κ1) is 18.9. The Balaban J connectivity index is 2.16. The van der Waals surface area contributed by atoms with Crippen molar-refractivity contribution in [2.45, 2.75) is 26.9 Å². The van der Waals surface area contributed by atoms with Gasteiger partial charge in [-0.15, -0.1) is 0 Å². The van der Waals surface area contributed by atoms with E-state index in [9.17, 15) is 13.2 Å². The minimum Gasteiger partial charge on any atom is -0.467 e. The van der Waals surface area contributed by atoms with Gasteiger partial charge in [-0.05, 0) is 43.7 Å². The number of amides is 2. The Bertz CT molecular complexity index is 787. The third kappa shape index (κ3) is 5.82. The molecule has 0 aliphatic heterocycles. The SMILES string of the molecule is CCNC(=O)N(Cc1cccc(OS(=O)(=O)CC)c1)Cc1ccco1. The number of hydrogen-bond acceptors (Lipinski definition) is 5. The smallest absolute Gasteiger partial charge is 0.318 e. The van der Waals surface area contributed by atoms with Gasteiger partial charge in [0, 0.05) is 13.1 Å². The normalized spacial score (nSPS) is 11.1. The highest BCUT2D eigenvalue weighted by Crippen LogP contribution is 2.18. The van der Waals surface area contributed by atoms with Gasteiger partial charge in [0.1, 0.15) is 11.5 Å². The zero-order chi connectivity index (χ0) is 18.3. The van der Waals surface area contributed by atoms with Crippen molar-refractivity contribution < 1.29 is 21.8 Å². The Labute approximate surface area is 147 Å². The molecule has 1 aromatic carbocycles. The predicted molar refractivity (Wildman–Crippen MR) is 93.6 cm³/mol. The lowest BCUT2D eigenvalue weighted by atomic mass is 10.2. The maximum atomic E-state index is 12.3. The fourth-order valence-electron chi connectivity index (χ4n) is 2.17. The first-order valence-electron chi connectivity index (χ1n) is 7.99. The number of nitrogens with zero attached hydrogens (tertiary/aromatic N) is 1. The van der Waals surface area contributed by atoms with Crippen molar-refractivity contribution in [3.05, 3.63) is 54.0 Å². The summed E-state index contributed by atoms with van der Waals surface area (Å²) in [7, 11) is -3.59. The third-order valence-electron chi connectivity index (χ3n) is 3.39. The molecule has 2 amide bonds. The van der Waals surface area contributed by atoms with Crippen LogP contribution in [0.15, 0.2) is 47.1 Å². The molecule has 136 valence electrons. The summed E-state index contributed by atoms with van der Waals surface area (Å²) in [6.45, 7) is 4.45. The fraction of sp³-hybridized carbons (Fsp3) is 0.353. The van der Waals surface area contributed by atoms with Gasteiger partial charge in [-0.2, -0.15) is 8.42 Å². The van der Waals surface area contributed by atoms with E-state index in [1.807, 2.05) is 6.92 Å². The highest BCUT2D eigenvalue weighted by Gasteiger charge is 2.16. The summed E-state index contributed by atoms with van der Waals surface area (Å²) in [6.07, 6.45) is 1.55. The van der Waals surface area contributed by atoms with Crippen LogP contribution in [0.25, 0.3) is 0 Å². The van der Waals surface area contributed by atoms with Crippen LogP contribution in [0.1, 0.15) is 25.2 Å². The number of furan rings is 1. The molecule has 0 bridgehead atoms. The van der Waals surface area contributed by atoms with E-state index in [4.69, 9.17) is 8.60 Å². The second kappa shape index (κ2) is 8.57. The van der Waals surface area contributed by atoms with E-state index in [2.05, 4.69) is 5.32 Å². The molecule has 0 aliphatic carbocycles. The molecule has 0 spiro atoms. The summed E-state index contributed by atoms with van der Waals surface area (Å²) in [4.78, 5) is 13.9. The van der Waals surface area contributed by atoms with Crippen LogP contribution in [0.3, 0.4) is 0 Å². The molecular formula is C17H22N2O5S. The average molecular weight is 366 g/mol. The molecule has 0 unspecified atom stereocenters. The Morgan fingerprint density at radius 1 is 1.20 bits per heavy atom. The van der Waals surface area contributed by atoms with Gasteiger partial charge in [0.15, 0.2) is 0 Å². The molecule has 2 rings (SSSR count). The molecule has 8 heteroatoms. The van der Waals surface area contributed by atoms with E-state index >= 15 is 0 Å². The van der Waals surface area contributed by atoms with Gasteiger partial charge in [0.2, 0.25) is 0 Å². The molecule has 7 nitrogen and oxygen atoms in total. The van der Waals surface area contributed by atoms with Crippen molar-refractivity contribution in [1.82, 2.24) is 10.2 Å². The van der Waals surface area contributed by atoms with Gasteiger partial charge in [-0.3, -0.25) is 0 Å². The van der Waals surface area contributed by atoms with E-state index in [0.29, 0.717) is 18.8 Å². The van der Waals surface area contributed by atoms with Gasteiger partial charge in [0.25, 0.3) is 0 Å². The number of nitrogens with one attached hydrogen (secondary N) is 1. The van der Waals surface area contributed by atoms with E-state index in [0.717, 1.165) is 5.56 Å². The van der Waals surface area contributed by atoms with Crippen LogP contribution in [0.2, 0.25) is 0 Å². The number of hydrogen-bond donors (Lipinski definition) is 1. The molecular weight excluding hydrogens is 344 g/mol. The van der Waals surface area contributed by atoms with Crippen LogP contribution in [0.4, 0.5) is 4.79 Å². The second-order valence-electron chi connectivity index (χ2n) is 5.35. The summed E-state index contributed by atoms with van der Waals surface area (Å²) >= 11 is 0. The first-order valence-corrected chi connectivity index (χ1v) is 9.57. The molecule has 0 fully saturated rings. The third-order valence-corrected chi connectivity index (χ3v) is 4.54. The predicted octanol–water partition coefficient (Wildman–Crippen LogP) is 2.74. The van der Waals surface area contributed by atoms with Crippen LogP contribution in [-0.4, -0.2) is 31.6 Å². The number of carbonyl (C=O) groups excluding carboxylic acids is 1. The number of benzene rings is 1. The number of carbonyl (C=O) groups is 1. The summed E-state index contributed by atoms with van der Waals surface area (Å²) in [5, 5.41) is 2.76. The van der Waals surface area contributed by atoms with E-state index in [-0.39, 0.29) is 24.1 Å². The number of rotatable bonds is 8. The van der Waals surface area contributed by atoms with Crippen LogP contribution >= 0.6 is 0 Å². The molecule has 0 saturated heterocycles. The molecule has 1 N–H and O–H groups in total. The quantitative estimate of drug-likeness (QED) is 0.726. The minimum atomic E-state index is -3.59. The minimum absolute atomic E-state index is 0.110. The van der Waals surface area contributed by atoms with Crippen LogP contribution in [0.5, 0.6) is 5.75 Å². The van der Waals surface area contributed by atoms with Gasteiger partial charge < -0.3 is 18.8 Å². The Kier molecular flexibility index (Phi) is 6.46. The van der Waals surface area contributed by atoms with Crippen LogP contribution in [-0.2, 0) is 23.2 Å². The molecule has 1 heterocycles. The maximum Gasteiger partial charge on any atom is 0.318 e. The van der Waals surface area contributed by atoms with E-state index in [1.54, 1.807) is 47.6 Å². The van der Waals surface area contributed by atoms with Crippen LogP contribution in [0, 0.1) is 0 Å². The monoisotopic (exact) mass is 366 g/mol. The van der Waals surface area contributed by atoms with Gasteiger partial charge in [-0.25, -0.2) is 4.79 Å². The molecule has 0 aliphatic rings. The topological polar surface area (TPSA) is 88.9 Å². The van der Waals surface area contributed by atoms with Crippen molar-refractivity contribution in [2.24, 2.45) is 0 Å². The van der Waals surface area contributed by atoms with Crippen molar-refractivity contribution in [1.29, 1.82) is 0 Å². The van der Waals surface area contributed by atoms with Gasteiger partial charge in [-0.1, -0.05) is 12.1 Å². The number of urea groups is 1. The lowest BCUT2D eigenvalue weighted by molar-refractivity contribution is 0.188. The summed E-state index contributed by atoms with van der Waals surface area (Å²) in [5.41, 5.74) is 0.751.